The van der Waals surface area contributed by atoms with Gasteiger partial charge >= 0.3 is 0 Å². The third kappa shape index (κ3) is 3.61. The van der Waals surface area contributed by atoms with E-state index >= 15 is 0 Å². The van der Waals surface area contributed by atoms with Gasteiger partial charge in [-0.3, -0.25) is 4.90 Å². The molecule has 0 aromatic heterocycles. The molecule has 4 nitrogen and oxygen atoms in total. The molecular formula is C15H23NO3. The highest BCUT2D eigenvalue weighted by Crippen LogP contribution is 2.30. The maximum atomic E-state index is 10.1. The van der Waals surface area contributed by atoms with Crippen LogP contribution in [0.25, 0.3) is 0 Å². The van der Waals surface area contributed by atoms with Crippen molar-refractivity contribution in [3.8, 4) is 11.5 Å². The lowest BCUT2D eigenvalue weighted by molar-refractivity contribution is 0.0722. The highest BCUT2D eigenvalue weighted by atomic mass is 16.5. The van der Waals surface area contributed by atoms with Crippen LogP contribution in [-0.4, -0.2) is 42.9 Å². The number of nitrogens with zero attached hydrogens (tertiary/aromatic N) is 1. The van der Waals surface area contributed by atoms with E-state index in [4.69, 9.17) is 9.47 Å². The van der Waals surface area contributed by atoms with Gasteiger partial charge in [0.25, 0.3) is 0 Å². The first-order valence-corrected chi connectivity index (χ1v) is 6.93. The van der Waals surface area contributed by atoms with E-state index in [1.807, 2.05) is 12.1 Å². The van der Waals surface area contributed by atoms with Crippen LogP contribution in [0.1, 0.15) is 25.3 Å². The SMILES string of the molecule is CCN(Cc1cccc(OC)c1O)C[C@@H]1CCCO1. The van der Waals surface area contributed by atoms with Gasteiger partial charge in [0.1, 0.15) is 0 Å². The van der Waals surface area contributed by atoms with Crippen LogP contribution in [0.2, 0.25) is 0 Å². The molecule has 1 heterocycles. The van der Waals surface area contributed by atoms with E-state index in [1.165, 1.54) is 0 Å². The number of para-hydroxylation sites is 1. The largest absolute Gasteiger partial charge is 0.504 e. The Morgan fingerprint density at radius 2 is 2.32 bits per heavy atom. The molecule has 1 aliphatic rings. The summed E-state index contributed by atoms with van der Waals surface area (Å²) in [6.07, 6.45) is 2.64. The minimum atomic E-state index is 0.246. The van der Waals surface area contributed by atoms with Gasteiger partial charge in [0.2, 0.25) is 0 Å². The summed E-state index contributed by atoms with van der Waals surface area (Å²) in [5.74, 6) is 0.779. The Morgan fingerprint density at radius 3 is 2.95 bits per heavy atom. The fourth-order valence-electron chi connectivity index (χ4n) is 2.48. The van der Waals surface area contributed by atoms with E-state index in [0.717, 1.165) is 44.6 Å². The molecule has 2 rings (SSSR count). The molecule has 0 aliphatic carbocycles. The molecule has 1 atom stereocenters. The summed E-state index contributed by atoms with van der Waals surface area (Å²) in [5.41, 5.74) is 0.902. The Kier molecular flexibility index (Phi) is 5.05. The number of phenols is 1. The van der Waals surface area contributed by atoms with Crippen LogP contribution >= 0.6 is 0 Å². The molecule has 1 aromatic rings. The van der Waals surface area contributed by atoms with Crippen molar-refractivity contribution >= 4 is 0 Å². The Hall–Kier alpha value is -1.26. The van der Waals surface area contributed by atoms with Crippen molar-refractivity contribution in [3.05, 3.63) is 23.8 Å². The molecule has 1 N–H and O–H groups in total. The van der Waals surface area contributed by atoms with Crippen molar-refractivity contribution in [3.63, 3.8) is 0 Å². The quantitative estimate of drug-likeness (QED) is 0.857. The van der Waals surface area contributed by atoms with Crippen LogP contribution in [0.3, 0.4) is 0 Å². The number of likely N-dealkylation sites (N-methyl/N-ethyl adjacent to an activating group) is 1. The molecule has 0 unspecified atom stereocenters. The predicted octanol–water partition coefficient (Wildman–Crippen LogP) is 2.40. The van der Waals surface area contributed by atoms with Gasteiger partial charge in [0.05, 0.1) is 13.2 Å². The van der Waals surface area contributed by atoms with E-state index < -0.39 is 0 Å². The average Bonchev–Trinajstić information content (AvgIpc) is 2.93. The Balaban J connectivity index is 2.01. The lowest BCUT2D eigenvalue weighted by Gasteiger charge is -2.24. The third-order valence-electron chi connectivity index (χ3n) is 3.63. The van der Waals surface area contributed by atoms with Gasteiger partial charge in [-0.05, 0) is 25.5 Å². The van der Waals surface area contributed by atoms with Crippen LogP contribution in [0.4, 0.5) is 0 Å². The number of phenolic OH excluding ortho intramolecular Hbond substituents is 1. The van der Waals surface area contributed by atoms with Crippen molar-refractivity contribution < 1.29 is 14.6 Å². The zero-order valence-corrected chi connectivity index (χ0v) is 11.8. The van der Waals surface area contributed by atoms with Crippen LogP contribution in [-0.2, 0) is 11.3 Å². The second kappa shape index (κ2) is 6.78. The first-order chi connectivity index (χ1) is 9.24. The van der Waals surface area contributed by atoms with E-state index in [0.29, 0.717) is 11.9 Å². The average molecular weight is 265 g/mol. The van der Waals surface area contributed by atoms with Gasteiger partial charge < -0.3 is 14.6 Å². The topological polar surface area (TPSA) is 41.9 Å². The summed E-state index contributed by atoms with van der Waals surface area (Å²) in [7, 11) is 1.57. The van der Waals surface area contributed by atoms with Gasteiger partial charge in [0.15, 0.2) is 11.5 Å². The number of hydrogen-bond donors (Lipinski definition) is 1. The maximum absolute atomic E-state index is 10.1. The summed E-state index contributed by atoms with van der Waals surface area (Å²) >= 11 is 0. The lowest BCUT2D eigenvalue weighted by Crippen LogP contribution is -2.31. The number of rotatable bonds is 6. The van der Waals surface area contributed by atoms with E-state index in [2.05, 4.69) is 11.8 Å². The van der Waals surface area contributed by atoms with Gasteiger partial charge in [-0.1, -0.05) is 19.1 Å². The molecule has 106 valence electrons. The number of aromatic hydroxyl groups is 1. The van der Waals surface area contributed by atoms with Gasteiger partial charge in [-0.25, -0.2) is 0 Å². The second-order valence-corrected chi connectivity index (χ2v) is 4.93. The molecule has 0 spiro atoms. The highest BCUT2D eigenvalue weighted by molar-refractivity contribution is 5.45. The lowest BCUT2D eigenvalue weighted by atomic mass is 10.1. The van der Waals surface area contributed by atoms with Crippen LogP contribution < -0.4 is 4.74 Å². The molecule has 1 aliphatic heterocycles. The molecular weight excluding hydrogens is 242 g/mol. The minimum absolute atomic E-state index is 0.246. The Morgan fingerprint density at radius 1 is 1.47 bits per heavy atom. The van der Waals surface area contributed by atoms with E-state index in [1.54, 1.807) is 13.2 Å². The second-order valence-electron chi connectivity index (χ2n) is 4.93. The standard InChI is InChI=1S/C15H23NO3/c1-3-16(11-13-7-5-9-19-13)10-12-6-4-8-14(18-2)15(12)17/h4,6,8,13,17H,3,5,7,9-11H2,1-2H3/t13-/m0/s1. The van der Waals surface area contributed by atoms with Crippen LogP contribution in [0, 0.1) is 0 Å². The first kappa shape index (κ1) is 14.2. The van der Waals surface area contributed by atoms with E-state index in [-0.39, 0.29) is 5.75 Å². The normalized spacial score (nSPS) is 19.0. The smallest absolute Gasteiger partial charge is 0.162 e. The van der Waals surface area contributed by atoms with Crippen molar-refractivity contribution in [1.29, 1.82) is 0 Å². The predicted molar refractivity (Wildman–Crippen MR) is 74.6 cm³/mol. The molecule has 1 fully saturated rings. The van der Waals surface area contributed by atoms with Crippen molar-refractivity contribution in [2.45, 2.75) is 32.4 Å². The van der Waals surface area contributed by atoms with Crippen LogP contribution in [0.15, 0.2) is 18.2 Å². The van der Waals surface area contributed by atoms with Crippen molar-refractivity contribution in [1.82, 2.24) is 4.90 Å². The zero-order chi connectivity index (χ0) is 13.7. The van der Waals surface area contributed by atoms with Gasteiger partial charge in [-0.15, -0.1) is 0 Å². The number of benzene rings is 1. The molecule has 1 aromatic carbocycles. The van der Waals surface area contributed by atoms with Crippen molar-refractivity contribution in [2.75, 3.05) is 26.8 Å². The third-order valence-corrected chi connectivity index (χ3v) is 3.63. The molecule has 19 heavy (non-hydrogen) atoms. The summed E-state index contributed by atoms with van der Waals surface area (Å²) in [6, 6.07) is 5.62. The summed E-state index contributed by atoms with van der Waals surface area (Å²) in [4.78, 5) is 2.30. The van der Waals surface area contributed by atoms with Gasteiger partial charge in [-0.2, -0.15) is 0 Å². The van der Waals surface area contributed by atoms with Gasteiger partial charge in [0, 0.05) is 25.3 Å². The fraction of sp³-hybridized carbons (Fsp3) is 0.600. The summed E-state index contributed by atoms with van der Waals surface area (Å²) in [5, 5.41) is 10.1. The van der Waals surface area contributed by atoms with Crippen molar-refractivity contribution in [2.24, 2.45) is 0 Å². The van der Waals surface area contributed by atoms with E-state index in [9.17, 15) is 5.11 Å². The molecule has 0 radical (unpaired) electrons. The number of methoxy groups -OCH3 is 1. The monoisotopic (exact) mass is 265 g/mol. The molecule has 0 amide bonds. The van der Waals surface area contributed by atoms with Crippen LogP contribution in [0.5, 0.6) is 11.5 Å². The molecule has 1 saturated heterocycles. The molecule has 0 bridgehead atoms. The fourth-order valence-corrected chi connectivity index (χ4v) is 2.48. The molecule has 0 saturated carbocycles. The molecule has 4 heteroatoms. The Bertz CT molecular complexity index is 402. The minimum Gasteiger partial charge on any atom is -0.504 e. The summed E-state index contributed by atoms with van der Waals surface area (Å²) in [6.45, 7) is 5.60. The maximum Gasteiger partial charge on any atom is 0.162 e. The highest BCUT2D eigenvalue weighted by Gasteiger charge is 2.19. The first-order valence-electron chi connectivity index (χ1n) is 6.93. The number of ether oxygens (including phenoxy) is 2. The number of hydrogen-bond acceptors (Lipinski definition) is 4. The zero-order valence-electron chi connectivity index (χ0n) is 11.8. The Labute approximate surface area is 114 Å². The summed E-state index contributed by atoms with van der Waals surface area (Å²) < 4.78 is 10.8.